The van der Waals surface area contributed by atoms with Gasteiger partial charge in [0.1, 0.15) is 12.2 Å². The summed E-state index contributed by atoms with van der Waals surface area (Å²) in [6.45, 7) is 2.13. The van der Waals surface area contributed by atoms with Gasteiger partial charge < -0.3 is 14.2 Å². The maximum Gasteiger partial charge on any atom is 0.425 e. The lowest BCUT2D eigenvalue weighted by atomic mass is 9.94. The number of alkyl halides is 3. The van der Waals surface area contributed by atoms with Crippen LogP contribution < -0.4 is 10.2 Å². The number of carbonyl (C=O) groups excluding carboxylic acids is 2. The minimum atomic E-state index is -4.61. The van der Waals surface area contributed by atoms with Gasteiger partial charge in [-0.05, 0) is 56.5 Å². The van der Waals surface area contributed by atoms with E-state index in [0.717, 1.165) is 36.3 Å². The molecule has 1 saturated heterocycles. The van der Waals surface area contributed by atoms with Gasteiger partial charge in [-0.2, -0.15) is 18.4 Å². The average Bonchev–Trinajstić information content (AvgIpc) is 2.91. The van der Waals surface area contributed by atoms with Crippen molar-refractivity contribution < 1.29 is 42.3 Å². The molecule has 0 bridgehead atoms. The highest BCUT2D eigenvalue weighted by Crippen LogP contribution is 2.35. The normalized spacial score (nSPS) is 20.3. The fourth-order valence-electron chi connectivity index (χ4n) is 4.49. The highest BCUT2D eigenvalue weighted by atomic mass is 19.4. The first-order valence-corrected chi connectivity index (χ1v) is 12.2. The summed E-state index contributed by atoms with van der Waals surface area (Å²) >= 11 is 0. The smallest absolute Gasteiger partial charge is 0.425 e. The molecule has 0 aromatic heterocycles. The van der Waals surface area contributed by atoms with Crippen LogP contribution in [0.15, 0.2) is 59.8 Å². The number of primary amides is 1. The number of hydrogen-bond donors (Lipinski definition) is 1. The molecule has 4 rings (SSSR count). The molecule has 2 aromatic rings. The number of esters is 1. The monoisotopic (exact) mass is 530 g/mol. The number of rotatable bonds is 7. The summed E-state index contributed by atoms with van der Waals surface area (Å²) in [6, 6.07) is 11.3. The molecule has 2 aliphatic rings. The molecule has 200 valence electrons. The van der Waals surface area contributed by atoms with Crippen molar-refractivity contribution in [2.24, 2.45) is 0 Å². The topological polar surface area (TPSA) is 105 Å². The molecule has 1 fully saturated rings. The highest BCUT2D eigenvalue weighted by Gasteiger charge is 2.42. The van der Waals surface area contributed by atoms with Crippen molar-refractivity contribution in [1.29, 1.82) is 5.26 Å². The third-order valence-corrected chi connectivity index (χ3v) is 6.37. The third-order valence-electron chi connectivity index (χ3n) is 6.37. The number of nitriles is 1. The van der Waals surface area contributed by atoms with E-state index in [1.54, 1.807) is 24.3 Å². The lowest BCUT2D eigenvalue weighted by Crippen LogP contribution is -2.94. The van der Waals surface area contributed by atoms with Gasteiger partial charge in [-0.1, -0.05) is 18.2 Å². The SMILES string of the molecule is CC1=C(C(=O)OCCOC2CCCCO2)C(c2ccc(C#N)cc2)[NH2+]C(=O)N1c1cccc(C(F)(F)F)c1. The Morgan fingerprint density at radius 1 is 1.18 bits per heavy atom. The first-order valence-electron chi connectivity index (χ1n) is 12.2. The molecule has 2 unspecified atom stereocenters. The Morgan fingerprint density at radius 3 is 2.61 bits per heavy atom. The van der Waals surface area contributed by atoms with E-state index in [4.69, 9.17) is 19.5 Å². The van der Waals surface area contributed by atoms with E-state index in [1.807, 2.05) is 6.07 Å². The Labute approximate surface area is 217 Å². The Balaban J connectivity index is 1.63. The molecule has 0 saturated carbocycles. The van der Waals surface area contributed by atoms with E-state index in [-0.39, 0.29) is 36.5 Å². The lowest BCUT2D eigenvalue weighted by Gasteiger charge is -2.32. The molecule has 2 aromatic carbocycles. The van der Waals surface area contributed by atoms with Crippen LogP contribution in [0.25, 0.3) is 0 Å². The number of carbonyl (C=O) groups is 2. The van der Waals surface area contributed by atoms with Crippen molar-refractivity contribution in [1.82, 2.24) is 0 Å². The first kappa shape index (κ1) is 27.3. The van der Waals surface area contributed by atoms with Crippen molar-refractivity contribution in [3.8, 4) is 6.07 Å². The summed E-state index contributed by atoms with van der Waals surface area (Å²) in [5, 5.41) is 10.4. The maximum atomic E-state index is 13.3. The van der Waals surface area contributed by atoms with Crippen LogP contribution in [0.3, 0.4) is 0 Å². The Hall–Kier alpha value is -3.72. The van der Waals surface area contributed by atoms with Gasteiger partial charge in [0.25, 0.3) is 0 Å². The first-order chi connectivity index (χ1) is 18.2. The van der Waals surface area contributed by atoms with Crippen molar-refractivity contribution in [3.05, 3.63) is 76.5 Å². The summed E-state index contributed by atoms with van der Waals surface area (Å²) in [7, 11) is 0. The van der Waals surface area contributed by atoms with Gasteiger partial charge in [0, 0.05) is 17.9 Å². The zero-order chi connectivity index (χ0) is 27.3. The molecule has 0 aliphatic carbocycles. The van der Waals surface area contributed by atoms with Crippen LogP contribution in [0.1, 0.15) is 48.9 Å². The number of amides is 2. The van der Waals surface area contributed by atoms with Gasteiger partial charge in [0.15, 0.2) is 12.3 Å². The number of ether oxygens (including phenoxy) is 3. The molecule has 2 aliphatic heterocycles. The largest absolute Gasteiger partial charge is 0.460 e. The summed E-state index contributed by atoms with van der Waals surface area (Å²) in [5.74, 6) is -0.731. The number of quaternary nitrogens is 1. The van der Waals surface area contributed by atoms with Gasteiger partial charge in [-0.3, -0.25) is 5.32 Å². The van der Waals surface area contributed by atoms with Crippen LogP contribution >= 0.6 is 0 Å². The van der Waals surface area contributed by atoms with Crippen molar-refractivity contribution >= 4 is 17.7 Å². The zero-order valence-corrected chi connectivity index (χ0v) is 20.7. The van der Waals surface area contributed by atoms with Crippen LogP contribution in [-0.2, 0) is 25.2 Å². The number of nitrogens with zero attached hydrogens (tertiary/aromatic N) is 2. The van der Waals surface area contributed by atoms with E-state index < -0.39 is 29.8 Å². The van der Waals surface area contributed by atoms with Crippen molar-refractivity contribution in [2.75, 3.05) is 24.7 Å². The van der Waals surface area contributed by atoms with Gasteiger partial charge >= 0.3 is 18.2 Å². The van der Waals surface area contributed by atoms with Gasteiger partial charge in [-0.15, -0.1) is 0 Å². The van der Waals surface area contributed by atoms with E-state index in [1.165, 1.54) is 24.4 Å². The Morgan fingerprint density at radius 2 is 1.95 bits per heavy atom. The summed E-state index contributed by atoms with van der Waals surface area (Å²) < 4.78 is 56.6. The summed E-state index contributed by atoms with van der Waals surface area (Å²) in [4.78, 5) is 27.6. The van der Waals surface area contributed by atoms with E-state index >= 15 is 0 Å². The number of nitrogens with two attached hydrogens (primary N) is 1. The van der Waals surface area contributed by atoms with Crippen LogP contribution in [0.2, 0.25) is 0 Å². The molecule has 0 spiro atoms. The van der Waals surface area contributed by atoms with Crippen LogP contribution in [0.4, 0.5) is 23.7 Å². The second-order valence-corrected chi connectivity index (χ2v) is 8.90. The van der Waals surface area contributed by atoms with Crippen molar-refractivity contribution in [2.45, 2.75) is 44.7 Å². The molecule has 2 amide bonds. The molecule has 2 N–H and O–H groups in total. The fraction of sp³-hybridized carbons (Fsp3) is 0.370. The molecule has 8 nitrogen and oxygen atoms in total. The molecule has 2 atom stereocenters. The number of benzene rings is 2. The lowest BCUT2D eigenvalue weighted by molar-refractivity contribution is -0.592. The Bertz CT molecular complexity index is 1250. The standard InChI is InChI=1S/C27H26F3N3O5/c1-17-23(25(34)38-14-13-37-22-7-2-3-12-36-22)24(19-10-8-18(16-31)9-11-19)32-26(35)33(17)21-6-4-5-20(15-21)27(28,29)30/h4-6,8-11,15,22,24H,2-3,7,12-14H2,1H3,(H,32,35)/p+1. The molecular formula is C27H27F3N3O5+. The summed E-state index contributed by atoms with van der Waals surface area (Å²) in [5.41, 5.74) is 0.247. The highest BCUT2D eigenvalue weighted by molar-refractivity contribution is 5.98. The maximum absolute atomic E-state index is 13.3. The average molecular weight is 531 g/mol. The van der Waals surface area contributed by atoms with E-state index in [2.05, 4.69) is 0 Å². The number of anilines is 1. The minimum Gasteiger partial charge on any atom is -0.460 e. The van der Waals surface area contributed by atoms with Gasteiger partial charge in [-0.25, -0.2) is 14.5 Å². The van der Waals surface area contributed by atoms with E-state index in [9.17, 15) is 22.8 Å². The second-order valence-electron chi connectivity index (χ2n) is 8.90. The minimum absolute atomic E-state index is 0.0278. The molecule has 11 heteroatoms. The molecular weight excluding hydrogens is 503 g/mol. The Kier molecular flexibility index (Phi) is 8.46. The number of halogens is 3. The molecule has 38 heavy (non-hydrogen) atoms. The molecule has 2 heterocycles. The zero-order valence-electron chi connectivity index (χ0n) is 20.7. The van der Waals surface area contributed by atoms with Crippen LogP contribution in [0, 0.1) is 11.3 Å². The van der Waals surface area contributed by atoms with Gasteiger partial charge in [0.05, 0.1) is 29.5 Å². The summed E-state index contributed by atoms with van der Waals surface area (Å²) in [6.07, 6.45) is -2.26. The number of urea groups is 1. The van der Waals surface area contributed by atoms with Gasteiger partial charge in [0.2, 0.25) is 0 Å². The fourth-order valence-corrected chi connectivity index (χ4v) is 4.49. The molecule has 0 radical (unpaired) electrons. The third kappa shape index (κ3) is 6.22. The predicted octanol–water partition coefficient (Wildman–Crippen LogP) is 4.18. The van der Waals surface area contributed by atoms with Crippen molar-refractivity contribution in [3.63, 3.8) is 0 Å². The van der Waals surface area contributed by atoms with Crippen LogP contribution in [0.5, 0.6) is 0 Å². The predicted molar refractivity (Wildman–Crippen MR) is 128 cm³/mol. The van der Waals surface area contributed by atoms with Crippen LogP contribution in [-0.4, -0.2) is 38.1 Å². The number of allylic oxidation sites excluding steroid dienone is 1. The quantitative estimate of drug-likeness (QED) is 0.425. The van der Waals surface area contributed by atoms with E-state index in [0.29, 0.717) is 17.7 Å². The second kappa shape index (κ2) is 11.8. The number of hydrogen-bond acceptors (Lipinski definition) is 6.